The van der Waals surface area contributed by atoms with E-state index in [-0.39, 0.29) is 6.10 Å². The molecule has 1 atom stereocenters. The van der Waals surface area contributed by atoms with Crippen molar-refractivity contribution in [1.29, 1.82) is 0 Å². The van der Waals surface area contributed by atoms with Gasteiger partial charge in [-0.2, -0.15) is 0 Å². The summed E-state index contributed by atoms with van der Waals surface area (Å²) in [5, 5.41) is 0. The maximum absolute atomic E-state index is 5.60. The first-order chi connectivity index (χ1) is 6.33. The molecular weight excluding hydrogens is 168 g/mol. The van der Waals surface area contributed by atoms with Crippen molar-refractivity contribution in [3.8, 4) is 17.2 Å². The number of rotatable bonds is 0. The molecule has 1 unspecified atom stereocenters. The molecule has 68 valence electrons. The Bertz CT molecular complexity index is 326. The third-order valence-corrected chi connectivity index (χ3v) is 2.39. The summed E-state index contributed by atoms with van der Waals surface area (Å²) in [5.41, 5.74) is 1.22. The molecule has 0 spiro atoms. The lowest BCUT2D eigenvalue weighted by Gasteiger charge is -2.02. The monoisotopic (exact) mass is 178 g/mol. The highest BCUT2D eigenvalue weighted by atomic mass is 16.7. The van der Waals surface area contributed by atoms with Crippen LogP contribution < -0.4 is 14.2 Å². The minimum Gasteiger partial charge on any atom is -0.490 e. The van der Waals surface area contributed by atoms with Crippen molar-refractivity contribution < 1.29 is 14.2 Å². The highest BCUT2D eigenvalue weighted by Crippen LogP contribution is 2.41. The van der Waals surface area contributed by atoms with Gasteiger partial charge in [0.1, 0.15) is 11.9 Å². The summed E-state index contributed by atoms with van der Waals surface area (Å²) in [7, 11) is 0. The first-order valence-electron chi connectivity index (χ1n) is 4.42. The Hall–Kier alpha value is -1.38. The Labute approximate surface area is 76.2 Å². The van der Waals surface area contributed by atoms with Gasteiger partial charge in [0.25, 0.3) is 0 Å². The van der Waals surface area contributed by atoms with Gasteiger partial charge in [-0.3, -0.25) is 0 Å². The normalized spacial score (nSPS) is 22.7. The number of fused-ring (bicyclic) bond motifs is 2. The molecule has 3 nitrogen and oxygen atoms in total. The highest BCUT2D eigenvalue weighted by Gasteiger charge is 2.24. The summed E-state index contributed by atoms with van der Waals surface area (Å²) < 4.78 is 16.1. The van der Waals surface area contributed by atoms with Gasteiger partial charge in [-0.05, 0) is 13.0 Å². The molecular formula is C10H10O3. The lowest BCUT2D eigenvalue weighted by atomic mass is 10.1. The predicted octanol–water partition coefficient (Wildman–Crippen LogP) is 1.74. The number of benzene rings is 1. The first-order valence-corrected chi connectivity index (χ1v) is 4.42. The van der Waals surface area contributed by atoms with Gasteiger partial charge in [-0.15, -0.1) is 0 Å². The van der Waals surface area contributed by atoms with Crippen molar-refractivity contribution in [2.45, 2.75) is 19.4 Å². The fraction of sp³-hybridized carbons (Fsp3) is 0.400. The fourth-order valence-corrected chi connectivity index (χ4v) is 1.80. The van der Waals surface area contributed by atoms with Gasteiger partial charge in [0.05, 0.1) is 0 Å². The zero-order valence-corrected chi connectivity index (χ0v) is 7.37. The van der Waals surface area contributed by atoms with Crippen LogP contribution in [0.5, 0.6) is 17.2 Å². The van der Waals surface area contributed by atoms with E-state index in [0.717, 1.165) is 23.7 Å². The molecule has 1 aromatic carbocycles. The van der Waals surface area contributed by atoms with E-state index in [1.165, 1.54) is 5.56 Å². The Kier molecular flexibility index (Phi) is 1.26. The average molecular weight is 178 g/mol. The van der Waals surface area contributed by atoms with Gasteiger partial charge in [0.15, 0.2) is 11.5 Å². The molecule has 0 saturated carbocycles. The first kappa shape index (κ1) is 7.06. The van der Waals surface area contributed by atoms with E-state index in [1.807, 2.05) is 12.1 Å². The summed E-state index contributed by atoms with van der Waals surface area (Å²) in [4.78, 5) is 0. The molecule has 0 aliphatic carbocycles. The van der Waals surface area contributed by atoms with Gasteiger partial charge >= 0.3 is 0 Å². The summed E-state index contributed by atoms with van der Waals surface area (Å²) in [6, 6.07) is 3.93. The number of hydrogen-bond donors (Lipinski definition) is 0. The second-order valence-corrected chi connectivity index (χ2v) is 3.45. The molecule has 1 aromatic rings. The summed E-state index contributed by atoms with van der Waals surface area (Å²) >= 11 is 0. The molecule has 2 aliphatic heterocycles. The van der Waals surface area contributed by atoms with Crippen LogP contribution in [0.4, 0.5) is 0 Å². The number of hydrogen-bond acceptors (Lipinski definition) is 3. The molecule has 0 saturated heterocycles. The molecule has 0 radical (unpaired) electrons. The van der Waals surface area contributed by atoms with Crippen LogP contribution in [0.15, 0.2) is 12.1 Å². The third kappa shape index (κ3) is 0.963. The predicted molar refractivity (Wildman–Crippen MR) is 46.4 cm³/mol. The van der Waals surface area contributed by atoms with E-state index in [2.05, 4.69) is 6.92 Å². The van der Waals surface area contributed by atoms with Crippen LogP contribution in [-0.2, 0) is 6.42 Å². The quantitative estimate of drug-likeness (QED) is 0.605. The smallest absolute Gasteiger partial charge is 0.231 e. The maximum atomic E-state index is 5.60. The van der Waals surface area contributed by atoms with Crippen molar-refractivity contribution in [3.05, 3.63) is 17.7 Å². The minimum atomic E-state index is 0.275. The Balaban J connectivity index is 2.10. The maximum Gasteiger partial charge on any atom is 0.231 e. The van der Waals surface area contributed by atoms with Gasteiger partial charge < -0.3 is 14.2 Å². The highest BCUT2D eigenvalue weighted by molar-refractivity contribution is 5.53. The van der Waals surface area contributed by atoms with Crippen LogP contribution in [-0.4, -0.2) is 12.9 Å². The SMILES string of the molecule is CC1Cc2cc3c(cc2O1)OCO3. The van der Waals surface area contributed by atoms with E-state index >= 15 is 0 Å². The average Bonchev–Trinajstić information content (AvgIpc) is 2.63. The van der Waals surface area contributed by atoms with Crippen molar-refractivity contribution in [2.24, 2.45) is 0 Å². The van der Waals surface area contributed by atoms with Crippen LogP contribution in [0.1, 0.15) is 12.5 Å². The molecule has 13 heavy (non-hydrogen) atoms. The van der Waals surface area contributed by atoms with Crippen LogP contribution in [0.3, 0.4) is 0 Å². The van der Waals surface area contributed by atoms with Crippen molar-refractivity contribution in [3.63, 3.8) is 0 Å². The largest absolute Gasteiger partial charge is 0.490 e. The third-order valence-electron chi connectivity index (χ3n) is 2.39. The molecule has 0 aromatic heterocycles. The topological polar surface area (TPSA) is 27.7 Å². The van der Waals surface area contributed by atoms with Crippen LogP contribution in [0.25, 0.3) is 0 Å². The Morgan fingerprint density at radius 2 is 1.92 bits per heavy atom. The molecule has 0 bridgehead atoms. The molecule has 2 heterocycles. The zero-order valence-electron chi connectivity index (χ0n) is 7.37. The molecule has 0 amide bonds. The van der Waals surface area contributed by atoms with Gasteiger partial charge in [-0.25, -0.2) is 0 Å². The number of ether oxygens (including phenoxy) is 3. The summed E-state index contributed by atoms with van der Waals surface area (Å²) in [5.74, 6) is 2.58. The van der Waals surface area contributed by atoms with Gasteiger partial charge in [0, 0.05) is 18.1 Å². The zero-order chi connectivity index (χ0) is 8.84. The van der Waals surface area contributed by atoms with E-state index in [1.54, 1.807) is 0 Å². The molecule has 3 rings (SSSR count). The second kappa shape index (κ2) is 2.31. The standard InChI is InChI=1S/C10H10O3/c1-6-2-7-3-9-10(12-5-11-9)4-8(7)13-6/h3-4,6H,2,5H2,1H3. The van der Waals surface area contributed by atoms with Crippen LogP contribution in [0, 0.1) is 0 Å². The lowest BCUT2D eigenvalue weighted by molar-refractivity contribution is 0.173. The van der Waals surface area contributed by atoms with E-state index in [4.69, 9.17) is 14.2 Å². The summed E-state index contributed by atoms with van der Waals surface area (Å²) in [6.45, 7) is 2.39. The van der Waals surface area contributed by atoms with Crippen molar-refractivity contribution >= 4 is 0 Å². The molecule has 3 heteroatoms. The second-order valence-electron chi connectivity index (χ2n) is 3.45. The van der Waals surface area contributed by atoms with E-state index in [9.17, 15) is 0 Å². The molecule has 0 fully saturated rings. The van der Waals surface area contributed by atoms with Crippen molar-refractivity contribution in [1.82, 2.24) is 0 Å². The van der Waals surface area contributed by atoms with Crippen LogP contribution >= 0.6 is 0 Å². The fourth-order valence-electron chi connectivity index (χ4n) is 1.80. The van der Waals surface area contributed by atoms with Crippen molar-refractivity contribution in [2.75, 3.05) is 6.79 Å². The Morgan fingerprint density at radius 1 is 1.15 bits per heavy atom. The van der Waals surface area contributed by atoms with E-state index < -0.39 is 0 Å². The van der Waals surface area contributed by atoms with E-state index in [0.29, 0.717) is 6.79 Å². The van der Waals surface area contributed by atoms with Gasteiger partial charge in [-0.1, -0.05) is 0 Å². The minimum absolute atomic E-state index is 0.275. The van der Waals surface area contributed by atoms with Crippen LogP contribution in [0.2, 0.25) is 0 Å². The lowest BCUT2D eigenvalue weighted by Crippen LogP contribution is -2.05. The Morgan fingerprint density at radius 3 is 2.77 bits per heavy atom. The summed E-state index contributed by atoms with van der Waals surface area (Å²) in [6.07, 6.45) is 1.24. The molecule has 2 aliphatic rings. The van der Waals surface area contributed by atoms with Gasteiger partial charge in [0.2, 0.25) is 6.79 Å². The molecule has 0 N–H and O–H groups in total.